The number of halogens is 3. The summed E-state index contributed by atoms with van der Waals surface area (Å²) in [6, 6.07) is 3.70. The lowest BCUT2D eigenvalue weighted by atomic mass is 9.85. The molecule has 0 unspecified atom stereocenters. The highest BCUT2D eigenvalue weighted by Gasteiger charge is 2.56. The molecule has 0 saturated carbocycles. The van der Waals surface area contributed by atoms with Gasteiger partial charge in [0.1, 0.15) is 5.82 Å². The highest BCUT2D eigenvalue weighted by atomic mass is 19.3. The van der Waals surface area contributed by atoms with Crippen molar-refractivity contribution in [1.82, 2.24) is 0 Å². The molecule has 1 aromatic carbocycles. The number of rotatable bonds is 3. The summed E-state index contributed by atoms with van der Waals surface area (Å²) in [5.74, 6) is -4.15. The van der Waals surface area contributed by atoms with Crippen LogP contribution in [-0.2, 0) is 15.0 Å². The Morgan fingerprint density at radius 1 is 1.39 bits per heavy atom. The Bertz CT molecular complexity index is 632. The molecule has 23 heavy (non-hydrogen) atoms. The first-order chi connectivity index (χ1) is 10.8. The molecule has 0 spiro atoms. The van der Waals surface area contributed by atoms with E-state index in [2.05, 4.69) is 15.0 Å². The van der Waals surface area contributed by atoms with Crippen molar-refractivity contribution in [2.45, 2.75) is 30.8 Å². The second-order valence-electron chi connectivity index (χ2n) is 5.91. The molecule has 1 aromatic rings. The van der Waals surface area contributed by atoms with E-state index in [1.165, 1.54) is 12.1 Å². The van der Waals surface area contributed by atoms with E-state index in [1.807, 2.05) is 0 Å². The first-order valence-electron chi connectivity index (χ1n) is 7.32. The van der Waals surface area contributed by atoms with Crippen LogP contribution in [-0.4, -0.2) is 37.8 Å². The third-order valence-corrected chi connectivity index (χ3v) is 4.24. The fourth-order valence-corrected chi connectivity index (χ4v) is 2.77. The molecular formula is C15H18F3N3O2. The van der Waals surface area contributed by atoms with Gasteiger partial charge in [-0.1, -0.05) is 0 Å². The van der Waals surface area contributed by atoms with Gasteiger partial charge < -0.3 is 20.5 Å². The van der Waals surface area contributed by atoms with Crippen LogP contribution in [0.4, 0.5) is 18.9 Å². The van der Waals surface area contributed by atoms with Crippen molar-refractivity contribution in [3.63, 3.8) is 0 Å². The standard InChI is InChI=1S/C15H18F3N3O2/c1-14(15(17,18)8-23-13(19)21-14)11-6-9(2-3-12(11)16)20-10-4-5-22-7-10/h2-3,6,10,20H,4-5,7-8H2,1H3,(H2,19,21)/t10-,14+/m0/s1. The molecule has 0 aliphatic carbocycles. The fourth-order valence-electron chi connectivity index (χ4n) is 2.77. The lowest BCUT2D eigenvalue weighted by Crippen LogP contribution is -2.51. The van der Waals surface area contributed by atoms with Gasteiger partial charge in [0.2, 0.25) is 0 Å². The molecule has 5 nitrogen and oxygen atoms in total. The minimum absolute atomic E-state index is 0.0740. The van der Waals surface area contributed by atoms with Crippen molar-refractivity contribution in [3.05, 3.63) is 29.6 Å². The zero-order valence-electron chi connectivity index (χ0n) is 12.6. The van der Waals surface area contributed by atoms with E-state index in [1.54, 1.807) is 0 Å². The Morgan fingerprint density at radius 2 is 2.17 bits per heavy atom. The number of hydrogen-bond donors (Lipinski definition) is 2. The predicted molar refractivity (Wildman–Crippen MR) is 79.1 cm³/mol. The Labute approximate surface area is 131 Å². The second kappa shape index (κ2) is 5.59. The SMILES string of the molecule is C[C@]1(c2cc(N[C@H]3CCOC3)ccc2F)N=C(N)OCC1(F)F. The van der Waals surface area contributed by atoms with Gasteiger partial charge in [-0.05, 0) is 31.5 Å². The Balaban J connectivity index is 1.98. The topological polar surface area (TPSA) is 68.9 Å². The number of aliphatic imine (C=N–C) groups is 1. The van der Waals surface area contributed by atoms with Gasteiger partial charge in [0, 0.05) is 17.9 Å². The molecular weight excluding hydrogens is 311 g/mol. The zero-order valence-corrected chi connectivity index (χ0v) is 12.6. The third-order valence-electron chi connectivity index (χ3n) is 4.24. The number of nitrogens with two attached hydrogens (primary N) is 1. The molecule has 8 heteroatoms. The second-order valence-corrected chi connectivity index (χ2v) is 5.91. The number of alkyl halides is 2. The molecule has 0 amide bonds. The average Bonchev–Trinajstić information content (AvgIpc) is 2.99. The van der Waals surface area contributed by atoms with E-state index in [-0.39, 0.29) is 17.6 Å². The molecule has 2 atom stereocenters. The monoisotopic (exact) mass is 329 g/mol. The molecule has 3 rings (SSSR count). The summed E-state index contributed by atoms with van der Waals surface area (Å²) in [4.78, 5) is 3.70. The van der Waals surface area contributed by atoms with E-state index >= 15 is 0 Å². The van der Waals surface area contributed by atoms with Gasteiger partial charge in [0.05, 0.1) is 12.6 Å². The van der Waals surface area contributed by atoms with E-state index < -0.39 is 23.9 Å². The number of hydrogen-bond acceptors (Lipinski definition) is 5. The molecule has 1 fully saturated rings. The first kappa shape index (κ1) is 15.9. The molecule has 0 aromatic heterocycles. The fraction of sp³-hybridized carbons (Fsp3) is 0.533. The predicted octanol–water partition coefficient (Wildman–Crippen LogP) is 2.22. The average molecular weight is 329 g/mol. The summed E-state index contributed by atoms with van der Waals surface area (Å²) >= 11 is 0. The van der Waals surface area contributed by atoms with Crippen molar-refractivity contribution in [2.24, 2.45) is 10.7 Å². The van der Waals surface area contributed by atoms with Gasteiger partial charge in [0.15, 0.2) is 12.1 Å². The van der Waals surface area contributed by atoms with Gasteiger partial charge in [-0.15, -0.1) is 0 Å². The van der Waals surface area contributed by atoms with Crippen LogP contribution in [0.1, 0.15) is 18.9 Å². The van der Waals surface area contributed by atoms with E-state index in [9.17, 15) is 13.2 Å². The number of nitrogens with one attached hydrogen (secondary N) is 1. The van der Waals surface area contributed by atoms with Gasteiger partial charge in [-0.3, -0.25) is 0 Å². The van der Waals surface area contributed by atoms with Crippen molar-refractivity contribution >= 4 is 11.7 Å². The minimum Gasteiger partial charge on any atom is -0.459 e. The Morgan fingerprint density at radius 3 is 2.87 bits per heavy atom. The van der Waals surface area contributed by atoms with Gasteiger partial charge in [-0.25, -0.2) is 9.38 Å². The number of anilines is 1. The highest BCUT2D eigenvalue weighted by molar-refractivity contribution is 5.73. The normalized spacial score (nSPS) is 29.7. The lowest BCUT2D eigenvalue weighted by molar-refractivity contribution is -0.117. The summed E-state index contributed by atoms with van der Waals surface area (Å²) in [5.41, 5.74) is 3.62. The van der Waals surface area contributed by atoms with Crippen LogP contribution in [0, 0.1) is 5.82 Å². The molecule has 1 saturated heterocycles. The van der Waals surface area contributed by atoms with Crippen LogP contribution in [0.15, 0.2) is 23.2 Å². The van der Waals surface area contributed by atoms with Crippen molar-refractivity contribution < 1.29 is 22.6 Å². The number of benzene rings is 1. The lowest BCUT2D eigenvalue weighted by Gasteiger charge is -2.37. The first-order valence-corrected chi connectivity index (χ1v) is 7.32. The van der Waals surface area contributed by atoms with Gasteiger partial charge >= 0.3 is 5.92 Å². The highest BCUT2D eigenvalue weighted by Crippen LogP contribution is 2.44. The summed E-state index contributed by atoms with van der Waals surface area (Å²) in [6.07, 6.45) is 0.805. The number of amidine groups is 1. The van der Waals surface area contributed by atoms with Gasteiger partial charge in [0.25, 0.3) is 6.02 Å². The van der Waals surface area contributed by atoms with E-state index in [0.717, 1.165) is 19.4 Å². The Hall–Kier alpha value is -1.96. The Kier molecular flexibility index (Phi) is 3.87. The summed E-state index contributed by atoms with van der Waals surface area (Å²) in [7, 11) is 0. The number of nitrogens with zero attached hydrogens (tertiary/aromatic N) is 1. The smallest absolute Gasteiger partial charge is 0.310 e. The summed E-state index contributed by atoms with van der Waals surface area (Å²) in [6.45, 7) is 1.38. The number of ether oxygens (including phenoxy) is 2. The van der Waals surface area contributed by atoms with Crippen molar-refractivity contribution in [1.29, 1.82) is 0 Å². The van der Waals surface area contributed by atoms with Gasteiger partial charge in [-0.2, -0.15) is 8.78 Å². The van der Waals surface area contributed by atoms with Crippen molar-refractivity contribution in [2.75, 3.05) is 25.1 Å². The quantitative estimate of drug-likeness (QED) is 0.892. The maximum atomic E-state index is 14.3. The summed E-state index contributed by atoms with van der Waals surface area (Å²) in [5, 5.41) is 3.16. The molecule has 126 valence electrons. The minimum atomic E-state index is -3.38. The van der Waals surface area contributed by atoms with Crippen LogP contribution in [0.25, 0.3) is 0 Å². The molecule has 0 bridgehead atoms. The largest absolute Gasteiger partial charge is 0.459 e. The third kappa shape index (κ3) is 2.83. The van der Waals surface area contributed by atoms with E-state index in [0.29, 0.717) is 18.9 Å². The van der Waals surface area contributed by atoms with Crippen LogP contribution in [0.5, 0.6) is 0 Å². The van der Waals surface area contributed by atoms with Crippen LogP contribution >= 0.6 is 0 Å². The summed E-state index contributed by atoms with van der Waals surface area (Å²) < 4.78 is 52.8. The molecule has 2 heterocycles. The zero-order chi connectivity index (χ0) is 16.7. The van der Waals surface area contributed by atoms with E-state index in [4.69, 9.17) is 10.5 Å². The van der Waals surface area contributed by atoms with Crippen LogP contribution in [0.3, 0.4) is 0 Å². The molecule has 2 aliphatic rings. The van der Waals surface area contributed by atoms with Crippen LogP contribution in [0.2, 0.25) is 0 Å². The van der Waals surface area contributed by atoms with Crippen LogP contribution < -0.4 is 11.1 Å². The molecule has 2 aliphatic heterocycles. The maximum Gasteiger partial charge on any atom is 0.310 e. The maximum absolute atomic E-state index is 14.3. The van der Waals surface area contributed by atoms with Crippen molar-refractivity contribution in [3.8, 4) is 0 Å². The molecule has 3 N–H and O–H groups in total. The molecule has 0 radical (unpaired) electrons.